The Balaban J connectivity index is 1.47. The first-order valence-corrected chi connectivity index (χ1v) is 8.14. The van der Waals surface area contributed by atoms with Gasteiger partial charge in [0, 0.05) is 30.6 Å². The molecule has 0 saturated carbocycles. The highest BCUT2D eigenvalue weighted by atomic mass is 16.2. The molecule has 2 unspecified atom stereocenters. The van der Waals surface area contributed by atoms with E-state index in [4.69, 9.17) is 0 Å². The van der Waals surface area contributed by atoms with E-state index in [1.165, 1.54) is 12.8 Å². The average molecular weight is 298 g/mol. The van der Waals surface area contributed by atoms with Gasteiger partial charge < -0.3 is 10.2 Å². The van der Waals surface area contributed by atoms with Crippen molar-refractivity contribution in [3.63, 3.8) is 0 Å². The number of rotatable bonds is 3. The van der Waals surface area contributed by atoms with E-state index in [0.717, 1.165) is 29.4 Å². The standard InChI is InChI=1S/C17H22N4O/c1-21(13-8-11-6-7-12(9-13)18-11)17(22)10-16-14-4-2-3-5-15(14)19-20-16/h2-5,11-13,18H,6-10H2,1H3,(H,19,20). The predicted molar refractivity (Wildman–Crippen MR) is 85.5 cm³/mol. The van der Waals surface area contributed by atoms with E-state index in [0.29, 0.717) is 24.5 Å². The summed E-state index contributed by atoms with van der Waals surface area (Å²) in [5.74, 6) is 0.181. The van der Waals surface area contributed by atoms with Gasteiger partial charge >= 0.3 is 0 Å². The minimum Gasteiger partial charge on any atom is -0.342 e. The van der Waals surface area contributed by atoms with Crippen LogP contribution in [0.25, 0.3) is 10.9 Å². The van der Waals surface area contributed by atoms with Crippen molar-refractivity contribution in [1.82, 2.24) is 20.4 Å². The highest BCUT2D eigenvalue weighted by Gasteiger charge is 2.36. The Morgan fingerprint density at radius 3 is 2.77 bits per heavy atom. The van der Waals surface area contributed by atoms with Crippen molar-refractivity contribution < 1.29 is 4.79 Å². The Morgan fingerprint density at radius 2 is 2.00 bits per heavy atom. The molecule has 5 heteroatoms. The molecule has 2 saturated heterocycles. The summed E-state index contributed by atoms with van der Waals surface area (Å²) in [5.41, 5.74) is 1.84. The maximum absolute atomic E-state index is 12.6. The monoisotopic (exact) mass is 298 g/mol. The Morgan fingerprint density at radius 1 is 1.27 bits per heavy atom. The van der Waals surface area contributed by atoms with Gasteiger partial charge in [0.2, 0.25) is 5.91 Å². The number of fused-ring (bicyclic) bond motifs is 3. The molecule has 0 aliphatic carbocycles. The largest absolute Gasteiger partial charge is 0.342 e. The van der Waals surface area contributed by atoms with Crippen LogP contribution in [0.15, 0.2) is 24.3 Å². The van der Waals surface area contributed by atoms with Crippen LogP contribution >= 0.6 is 0 Å². The number of hydrogen-bond donors (Lipinski definition) is 2. The summed E-state index contributed by atoms with van der Waals surface area (Å²) in [6, 6.07) is 9.52. The van der Waals surface area contributed by atoms with Crippen LogP contribution in [0.1, 0.15) is 31.4 Å². The first-order chi connectivity index (χ1) is 10.7. The first kappa shape index (κ1) is 13.8. The van der Waals surface area contributed by atoms with Crippen molar-refractivity contribution in [3.8, 4) is 0 Å². The highest BCUT2D eigenvalue weighted by Crippen LogP contribution is 2.29. The van der Waals surface area contributed by atoms with Gasteiger partial charge in [0.05, 0.1) is 17.6 Å². The molecule has 2 fully saturated rings. The van der Waals surface area contributed by atoms with E-state index < -0.39 is 0 Å². The zero-order chi connectivity index (χ0) is 15.1. The number of benzene rings is 1. The van der Waals surface area contributed by atoms with Crippen LogP contribution in [0.5, 0.6) is 0 Å². The van der Waals surface area contributed by atoms with Crippen molar-refractivity contribution in [3.05, 3.63) is 30.0 Å². The number of nitrogens with one attached hydrogen (secondary N) is 2. The molecule has 2 aromatic rings. The second-order valence-electron chi connectivity index (χ2n) is 6.66. The summed E-state index contributed by atoms with van der Waals surface area (Å²) in [6.45, 7) is 0. The summed E-state index contributed by atoms with van der Waals surface area (Å²) >= 11 is 0. The Labute approximate surface area is 130 Å². The number of aromatic amines is 1. The minimum atomic E-state index is 0.181. The van der Waals surface area contributed by atoms with Gasteiger partial charge in [-0.2, -0.15) is 5.10 Å². The summed E-state index contributed by atoms with van der Waals surface area (Å²) in [7, 11) is 1.95. The van der Waals surface area contributed by atoms with Crippen LogP contribution in [0.4, 0.5) is 0 Å². The normalized spacial score (nSPS) is 27.2. The molecule has 2 bridgehead atoms. The van der Waals surface area contributed by atoms with Crippen LogP contribution in [0.2, 0.25) is 0 Å². The number of amides is 1. The van der Waals surface area contributed by atoms with Crippen LogP contribution in [-0.2, 0) is 11.2 Å². The number of para-hydroxylation sites is 1. The quantitative estimate of drug-likeness (QED) is 0.909. The van der Waals surface area contributed by atoms with Crippen LogP contribution in [-0.4, -0.2) is 46.2 Å². The molecular formula is C17H22N4O. The molecule has 3 heterocycles. The third-order valence-corrected chi connectivity index (χ3v) is 5.26. The van der Waals surface area contributed by atoms with Gasteiger partial charge in [-0.1, -0.05) is 18.2 Å². The predicted octanol–water partition coefficient (Wildman–Crippen LogP) is 1.85. The Kier molecular flexibility index (Phi) is 3.37. The lowest BCUT2D eigenvalue weighted by Gasteiger charge is -2.35. The molecule has 22 heavy (non-hydrogen) atoms. The maximum atomic E-state index is 12.6. The average Bonchev–Trinajstić information content (AvgIpc) is 3.10. The lowest BCUT2D eigenvalue weighted by atomic mass is 9.98. The van der Waals surface area contributed by atoms with E-state index in [2.05, 4.69) is 15.5 Å². The molecule has 2 aliphatic heterocycles. The van der Waals surface area contributed by atoms with Gasteiger partial charge in [-0.15, -0.1) is 0 Å². The zero-order valence-electron chi connectivity index (χ0n) is 12.9. The smallest absolute Gasteiger partial charge is 0.228 e. The summed E-state index contributed by atoms with van der Waals surface area (Å²) < 4.78 is 0. The third-order valence-electron chi connectivity index (χ3n) is 5.26. The fraction of sp³-hybridized carbons (Fsp3) is 0.529. The molecule has 2 atom stereocenters. The number of likely N-dealkylation sites (N-methyl/N-ethyl adjacent to an activating group) is 1. The van der Waals surface area contributed by atoms with E-state index in [1.807, 2.05) is 36.2 Å². The third kappa shape index (κ3) is 2.39. The van der Waals surface area contributed by atoms with Crippen molar-refractivity contribution in [2.75, 3.05) is 7.05 Å². The number of nitrogens with zero attached hydrogens (tertiary/aromatic N) is 2. The lowest BCUT2D eigenvalue weighted by molar-refractivity contribution is -0.132. The molecule has 2 aliphatic rings. The van der Waals surface area contributed by atoms with Gasteiger partial charge in [0.15, 0.2) is 0 Å². The number of H-pyrrole nitrogens is 1. The second-order valence-corrected chi connectivity index (χ2v) is 6.66. The van der Waals surface area contributed by atoms with Gasteiger partial charge in [-0.3, -0.25) is 9.89 Å². The maximum Gasteiger partial charge on any atom is 0.228 e. The van der Waals surface area contributed by atoms with E-state index in [-0.39, 0.29) is 5.91 Å². The Bertz CT molecular complexity index is 683. The number of carbonyl (C=O) groups is 1. The molecule has 0 radical (unpaired) electrons. The number of aromatic nitrogens is 2. The molecule has 4 rings (SSSR count). The summed E-state index contributed by atoms with van der Waals surface area (Å²) in [4.78, 5) is 14.6. The molecular weight excluding hydrogens is 276 g/mol. The van der Waals surface area contributed by atoms with Crippen LogP contribution in [0, 0.1) is 0 Å². The highest BCUT2D eigenvalue weighted by molar-refractivity contribution is 5.87. The number of piperidine rings is 1. The second kappa shape index (κ2) is 5.39. The van der Waals surface area contributed by atoms with Crippen molar-refractivity contribution in [1.29, 1.82) is 0 Å². The van der Waals surface area contributed by atoms with Gasteiger partial charge in [0.1, 0.15) is 0 Å². The van der Waals surface area contributed by atoms with Crippen LogP contribution < -0.4 is 5.32 Å². The van der Waals surface area contributed by atoms with Crippen molar-refractivity contribution in [2.24, 2.45) is 0 Å². The zero-order valence-corrected chi connectivity index (χ0v) is 12.9. The SMILES string of the molecule is CN(C(=O)Cc1[nH]nc2ccccc12)C1CC2CCC(C1)N2. The molecule has 5 nitrogen and oxygen atoms in total. The van der Waals surface area contributed by atoms with Gasteiger partial charge in [0.25, 0.3) is 0 Å². The number of hydrogen-bond acceptors (Lipinski definition) is 3. The van der Waals surface area contributed by atoms with Crippen LogP contribution in [0.3, 0.4) is 0 Å². The summed E-state index contributed by atoms with van der Waals surface area (Å²) in [5, 5.41) is 12.0. The topological polar surface area (TPSA) is 61.0 Å². The Hall–Kier alpha value is -1.88. The van der Waals surface area contributed by atoms with Gasteiger partial charge in [-0.05, 0) is 31.7 Å². The van der Waals surface area contributed by atoms with E-state index >= 15 is 0 Å². The van der Waals surface area contributed by atoms with Crippen molar-refractivity contribution in [2.45, 2.75) is 50.2 Å². The fourth-order valence-electron chi connectivity index (χ4n) is 3.97. The fourth-order valence-corrected chi connectivity index (χ4v) is 3.97. The molecule has 1 aromatic carbocycles. The lowest BCUT2D eigenvalue weighted by Crippen LogP contribution is -2.49. The van der Waals surface area contributed by atoms with E-state index in [1.54, 1.807) is 0 Å². The summed E-state index contributed by atoms with van der Waals surface area (Å²) in [6.07, 6.45) is 5.09. The number of carbonyl (C=O) groups excluding carboxylic acids is 1. The van der Waals surface area contributed by atoms with E-state index in [9.17, 15) is 4.79 Å². The molecule has 2 N–H and O–H groups in total. The minimum absolute atomic E-state index is 0.181. The first-order valence-electron chi connectivity index (χ1n) is 8.14. The molecule has 1 amide bonds. The molecule has 0 spiro atoms. The van der Waals surface area contributed by atoms with Crippen molar-refractivity contribution >= 4 is 16.8 Å². The van der Waals surface area contributed by atoms with Gasteiger partial charge in [-0.25, -0.2) is 0 Å². The molecule has 1 aromatic heterocycles. The molecule has 116 valence electrons.